The smallest absolute Gasteiger partial charge is 0.161 e. The Morgan fingerprint density at radius 1 is 0.838 bits per heavy atom. The molecular formula is C29H31N7O. The van der Waals surface area contributed by atoms with Crippen LogP contribution in [0.5, 0.6) is 5.75 Å². The van der Waals surface area contributed by atoms with Crippen molar-refractivity contribution in [2.24, 2.45) is 0 Å². The predicted octanol–water partition coefficient (Wildman–Crippen LogP) is 6.27. The summed E-state index contributed by atoms with van der Waals surface area (Å²) in [6.45, 7) is 2.16. The van der Waals surface area contributed by atoms with E-state index in [1.165, 1.54) is 44.2 Å². The summed E-state index contributed by atoms with van der Waals surface area (Å²) >= 11 is 0. The van der Waals surface area contributed by atoms with Crippen LogP contribution in [0.3, 0.4) is 0 Å². The SMILES string of the molecule is c1cc(N2CCCCC2)c2nc(-c3n[nH]c4ccc(-c5cncc(OC6CCCCC6)c5)nc34)[nH]c2c1. The number of rotatable bonds is 5. The molecule has 0 unspecified atom stereocenters. The molecule has 8 nitrogen and oxygen atoms in total. The fourth-order valence-corrected chi connectivity index (χ4v) is 5.74. The number of benzene rings is 1. The molecule has 0 amide bonds. The van der Waals surface area contributed by atoms with E-state index in [-0.39, 0.29) is 6.10 Å². The lowest BCUT2D eigenvalue weighted by Crippen LogP contribution is -2.29. The first-order valence-corrected chi connectivity index (χ1v) is 13.5. The Bertz CT molecular complexity index is 1540. The molecule has 8 heteroatoms. The maximum Gasteiger partial charge on any atom is 0.161 e. The largest absolute Gasteiger partial charge is 0.489 e. The fourth-order valence-electron chi connectivity index (χ4n) is 5.74. The number of H-pyrrole nitrogens is 2. The van der Waals surface area contributed by atoms with E-state index in [4.69, 9.17) is 14.7 Å². The lowest BCUT2D eigenvalue weighted by molar-refractivity contribution is 0.154. The summed E-state index contributed by atoms with van der Waals surface area (Å²) in [7, 11) is 0. The summed E-state index contributed by atoms with van der Waals surface area (Å²) in [5.74, 6) is 1.53. The van der Waals surface area contributed by atoms with Crippen molar-refractivity contribution < 1.29 is 4.74 Å². The van der Waals surface area contributed by atoms with E-state index >= 15 is 0 Å². The van der Waals surface area contributed by atoms with Gasteiger partial charge in [-0.15, -0.1) is 0 Å². The maximum atomic E-state index is 6.25. The van der Waals surface area contributed by atoms with Gasteiger partial charge in [0.25, 0.3) is 0 Å². The Balaban J connectivity index is 1.23. The highest BCUT2D eigenvalue weighted by Gasteiger charge is 2.20. The van der Waals surface area contributed by atoms with Crippen molar-refractivity contribution in [2.45, 2.75) is 57.5 Å². The Labute approximate surface area is 215 Å². The third-order valence-electron chi connectivity index (χ3n) is 7.68. The standard InChI is InChI=1S/C29H31N7O/c1-3-8-20(9-4-1)37-21-16-19(17-30-18-21)22-12-13-24-27(31-22)28(35-34-24)29-32-23-10-7-11-25(26(23)33-29)36-14-5-2-6-15-36/h7,10-13,16-18,20H,1-6,8-9,14-15H2,(H,32,33)(H,34,35). The van der Waals surface area contributed by atoms with E-state index in [0.29, 0.717) is 0 Å². The molecule has 37 heavy (non-hydrogen) atoms. The van der Waals surface area contributed by atoms with Crippen molar-refractivity contribution >= 4 is 27.8 Å². The molecule has 1 aliphatic carbocycles. The summed E-state index contributed by atoms with van der Waals surface area (Å²) in [5, 5.41) is 7.73. The van der Waals surface area contributed by atoms with Gasteiger partial charge in [-0.2, -0.15) is 5.10 Å². The quantitative estimate of drug-likeness (QED) is 0.300. The number of aromatic nitrogens is 6. The van der Waals surface area contributed by atoms with E-state index in [0.717, 1.165) is 76.5 Å². The monoisotopic (exact) mass is 493 g/mol. The van der Waals surface area contributed by atoms with Crippen LogP contribution < -0.4 is 9.64 Å². The number of imidazole rings is 1. The molecular weight excluding hydrogens is 462 g/mol. The van der Waals surface area contributed by atoms with Crippen LogP contribution in [0.4, 0.5) is 5.69 Å². The van der Waals surface area contributed by atoms with E-state index in [1.807, 2.05) is 24.4 Å². The second-order valence-electron chi connectivity index (χ2n) is 10.3. The highest BCUT2D eigenvalue weighted by atomic mass is 16.5. The molecule has 2 N–H and O–H groups in total. The van der Waals surface area contributed by atoms with Crippen molar-refractivity contribution in [1.29, 1.82) is 0 Å². The van der Waals surface area contributed by atoms with Crippen LogP contribution in [0.2, 0.25) is 0 Å². The van der Waals surface area contributed by atoms with Gasteiger partial charge in [0.05, 0.1) is 34.7 Å². The number of hydrogen-bond acceptors (Lipinski definition) is 6. The van der Waals surface area contributed by atoms with Crippen LogP contribution in [0.25, 0.3) is 44.8 Å². The molecule has 0 spiro atoms. The molecule has 7 rings (SSSR count). The molecule has 2 fully saturated rings. The highest BCUT2D eigenvalue weighted by Crippen LogP contribution is 2.33. The number of pyridine rings is 2. The van der Waals surface area contributed by atoms with Crippen molar-refractivity contribution in [3.05, 3.63) is 48.8 Å². The molecule has 1 aliphatic heterocycles. The number of nitrogens with zero attached hydrogens (tertiary/aromatic N) is 5. The van der Waals surface area contributed by atoms with E-state index in [2.05, 4.69) is 43.3 Å². The van der Waals surface area contributed by atoms with Crippen LogP contribution >= 0.6 is 0 Å². The van der Waals surface area contributed by atoms with Crippen LogP contribution in [0, 0.1) is 0 Å². The second kappa shape index (κ2) is 9.50. The second-order valence-corrected chi connectivity index (χ2v) is 10.3. The molecule has 0 atom stereocenters. The third-order valence-corrected chi connectivity index (χ3v) is 7.68. The van der Waals surface area contributed by atoms with Gasteiger partial charge in [0.1, 0.15) is 16.8 Å². The summed E-state index contributed by atoms with van der Waals surface area (Å²) < 4.78 is 6.25. The molecule has 5 heterocycles. The molecule has 2 aliphatic rings. The molecule has 1 saturated heterocycles. The molecule has 1 aromatic carbocycles. The van der Waals surface area contributed by atoms with Gasteiger partial charge >= 0.3 is 0 Å². The van der Waals surface area contributed by atoms with E-state index < -0.39 is 0 Å². The van der Waals surface area contributed by atoms with Crippen molar-refractivity contribution in [1.82, 2.24) is 30.1 Å². The Morgan fingerprint density at radius 2 is 1.70 bits per heavy atom. The zero-order valence-corrected chi connectivity index (χ0v) is 20.9. The van der Waals surface area contributed by atoms with Gasteiger partial charge in [0, 0.05) is 24.8 Å². The Kier molecular flexibility index (Phi) is 5.72. The van der Waals surface area contributed by atoms with Gasteiger partial charge < -0.3 is 14.6 Å². The number of anilines is 1. The molecule has 0 radical (unpaired) electrons. The molecule has 188 valence electrons. The van der Waals surface area contributed by atoms with Gasteiger partial charge in [-0.25, -0.2) is 9.97 Å². The van der Waals surface area contributed by atoms with Crippen LogP contribution in [0.1, 0.15) is 51.4 Å². The van der Waals surface area contributed by atoms with Crippen molar-refractivity contribution in [2.75, 3.05) is 18.0 Å². The number of fused-ring (bicyclic) bond motifs is 2. The minimum atomic E-state index is 0.282. The molecule has 4 aromatic heterocycles. The van der Waals surface area contributed by atoms with Gasteiger partial charge in [-0.05, 0) is 75.3 Å². The summed E-state index contributed by atoms with van der Waals surface area (Å²) in [6.07, 6.45) is 13.7. The Hall–Kier alpha value is -3.94. The van der Waals surface area contributed by atoms with Crippen LogP contribution in [0.15, 0.2) is 48.8 Å². The number of para-hydroxylation sites is 1. The zero-order valence-electron chi connectivity index (χ0n) is 20.9. The predicted molar refractivity (Wildman–Crippen MR) is 146 cm³/mol. The van der Waals surface area contributed by atoms with Crippen LogP contribution in [-0.4, -0.2) is 49.3 Å². The lowest BCUT2D eigenvalue weighted by Gasteiger charge is -2.28. The number of aromatic amines is 2. The first kappa shape index (κ1) is 22.3. The average molecular weight is 494 g/mol. The minimum absolute atomic E-state index is 0.282. The molecule has 5 aromatic rings. The number of hydrogen-bond donors (Lipinski definition) is 2. The average Bonchev–Trinajstić information content (AvgIpc) is 3.58. The first-order chi connectivity index (χ1) is 18.3. The topological polar surface area (TPSA) is 95.6 Å². The van der Waals surface area contributed by atoms with Gasteiger partial charge in [-0.3, -0.25) is 10.1 Å². The first-order valence-electron chi connectivity index (χ1n) is 13.5. The highest BCUT2D eigenvalue weighted by molar-refractivity contribution is 5.95. The van der Waals surface area contributed by atoms with E-state index in [9.17, 15) is 0 Å². The summed E-state index contributed by atoms with van der Waals surface area (Å²) in [6, 6.07) is 12.4. The van der Waals surface area contributed by atoms with Crippen LogP contribution in [-0.2, 0) is 0 Å². The molecule has 1 saturated carbocycles. The maximum absolute atomic E-state index is 6.25. The van der Waals surface area contributed by atoms with E-state index in [1.54, 1.807) is 6.20 Å². The zero-order chi connectivity index (χ0) is 24.6. The minimum Gasteiger partial charge on any atom is -0.489 e. The van der Waals surface area contributed by atoms with Crippen molar-refractivity contribution in [3.8, 4) is 28.5 Å². The molecule has 0 bridgehead atoms. The van der Waals surface area contributed by atoms with Crippen molar-refractivity contribution in [3.63, 3.8) is 0 Å². The van der Waals surface area contributed by atoms with Gasteiger partial charge in [0.15, 0.2) is 11.5 Å². The number of ether oxygens (including phenoxy) is 1. The normalized spacial score (nSPS) is 17.0. The van der Waals surface area contributed by atoms with Gasteiger partial charge in [-0.1, -0.05) is 12.5 Å². The summed E-state index contributed by atoms with van der Waals surface area (Å²) in [5.41, 5.74) is 7.34. The number of nitrogens with one attached hydrogen (secondary N) is 2. The number of piperidine rings is 1. The summed E-state index contributed by atoms with van der Waals surface area (Å²) in [4.78, 5) is 20.4. The third kappa shape index (κ3) is 4.30. The lowest BCUT2D eigenvalue weighted by atomic mass is 9.98. The van der Waals surface area contributed by atoms with Gasteiger partial charge in [0.2, 0.25) is 0 Å². The fraction of sp³-hybridized carbons (Fsp3) is 0.379. The Morgan fingerprint density at radius 3 is 2.59 bits per heavy atom.